The maximum atomic E-state index is 10.7. The summed E-state index contributed by atoms with van der Waals surface area (Å²) in [6.45, 7) is 4.46. The maximum absolute atomic E-state index is 10.7. The summed E-state index contributed by atoms with van der Waals surface area (Å²) in [6, 6.07) is 18.7. The number of hydrogen-bond acceptors (Lipinski definition) is 1. The molecule has 0 atom stereocenters. The highest BCUT2D eigenvalue weighted by Gasteiger charge is 2.37. The monoisotopic (exact) mass is 299 g/mol. The second-order valence-corrected chi connectivity index (χ2v) is 6.91. The zero-order valence-electron chi connectivity index (χ0n) is 13.1. The van der Waals surface area contributed by atoms with Crippen molar-refractivity contribution in [3.05, 3.63) is 65.7 Å². The molecule has 1 aliphatic carbocycles. The highest BCUT2D eigenvalue weighted by molar-refractivity contribution is 6.16. The summed E-state index contributed by atoms with van der Waals surface area (Å²) in [4.78, 5) is 3.54. The van der Waals surface area contributed by atoms with Gasteiger partial charge >= 0.3 is 0 Å². The molecule has 112 valence electrons. The van der Waals surface area contributed by atoms with Crippen LogP contribution in [0.4, 0.5) is 0 Å². The average molecular weight is 299 g/mol. The number of benzene rings is 3. The molecule has 0 saturated carbocycles. The zero-order chi connectivity index (χ0) is 15.8. The number of fused-ring (bicyclic) bond motifs is 7. The molecule has 2 nitrogen and oxygen atoms in total. The predicted molar refractivity (Wildman–Crippen MR) is 95.0 cm³/mol. The molecule has 0 aliphatic heterocycles. The molecule has 5 rings (SSSR count). The Morgan fingerprint density at radius 1 is 0.913 bits per heavy atom. The topological polar surface area (TPSA) is 36.0 Å². The van der Waals surface area contributed by atoms with Crippen LogP contribution in [0.5, 0.6) is 5.75 Å². The molecule has 0 amide bonds. The molecule has 0 saturated heterocycles. The fourth-order valence-corrected chi connectivity index (χ4v) is 4.18. The summed E-state index contributed by atoms with van der Waals surface area (Å²) in [6.07, 6.45) is 0. The van der Waals surface area contributed by atoms with Crippen LogP contribution in [0.1, 0.15) is 25.0 Å². The van der Waals surface area contributed by atoms with Crippen molar-refractivity contribution in [2.45, 2.75) is 19.3 Å². The third kappa shape index (κ3) is 1.43. The van der Waals surface area contributed by atoms with Crippen molar-refractivity contribution in [2.24, 2.45) is 0 Å². The molecule has 2 N–H and O–H groups in total. The standard InChI is InChI=1S/C21H17NO/c1-21(2)14-9-5-3-7-12(14)18-15(21)11-17(23)19-13-8-4-6-10-16(13)22-20(18)19/h3-11,22-23H,1-2H3. The lowest BCUT2D eigenvalue weighted by Crippen LogP contribution is -2.14. The van der Waals surface area contributed by atoms with Gasteiger partial charge in [0.05, 0.1) is 5.52 Å². The Morgan fingerprint density at radius 3 is 2.52 bits per heavy atom. The van der Waals surface area contributed by atoms with Crippen LogP contribution in [0.25, 0.3) is 32.9 Å². The molecule has 0 fully saturated rings. The molecule has 23 heavy (non-hydrogen) atoms. The number of aromatic hydroxyl groups is 1. The smallest absolute Gasteiger partial charge is 0.125 e. The van der Waals surface area contributed by atoms with Crippen LogP contribution in [0.2, 0.25) is 0 Å². The van der Waals surface area contributed by atoms with Gasteiger partial charge in [-0.3, -0.25) is 0 Å². The van der Waals surface area contributed by atoms with E-state index in [0.717, 1.165) is 21.8 Å². The fraction of sp³-hybridized carbons (Fsp3) is 0.143. The SMILES string of the molecule is CC1(C)c2ccccc2-c2c1cc(O)c1c2[nH]c2ccccc21. The van der Waals surface area contributed by atoms with Crippen molar-refractivity contribution < 1.29 is 5.11 Å². The van der Waals surface area contributed by atoms with Gasteiger partial charge in [0.25, 0.3) is 0 Å². The van der Waals surface area contributed by atoms with Crippen molar-refractivity contribution in [3.63, 3.8) is 0 Å². The summed E-state index contributed by atoms with van der Waals surface area (Å²) in [5, 5.41) is 12.7. The summed E-state index contributed by atoms with van der Waals surface area (Å²) in [7, 11) is 0. The summed E-state index contributed by atoms with van der Waals surface area (Å²) in [5.41, 5.74) is 7.01. The van der Waals surface area contributed by atoms with Gasteiger partial charge in [-0.2, -0.15) is 0 Å². The van der Waals surface area contributed by atoms with Crippen LogP contribution in [-0.2, 0) is 5.41 Å². The second kappa shape index (κ2) is 3.96. The van der Waals surface area contributed by atoms with E-state index in [4.69, 9.17) is 0 Å². The number of H-pyrrole nitrogens is 1. The van der Waals surface area contributed by atoms with E-state index in [1.54, 1.807) is 0 Å². The molecule has 2 heteroatoms. The van der Waals surface area contributed by atoms with E-state index in [2.05, 4.69) is 55.2 Å². The molecule has 1 aliphatic rings. The normalized spacial score (nSPS) is 15.0. The van der Waals surface area contributed by atoms with E-state index in [-0.39, 0.29) is 5.41 Å². The Hall–Kier alpha value is -2.74. The first-order chi connectivity index (χ1) is 11.1. The van der Waals surface area contributed by atoms with E-state index in [0.29, 0.717) is 5.75 Å². The van der Waals surface area contributed by atoms with Crippen LogP contribution in [0.3, 0.4) is 0 Å². The first-order valence-corrected chi connectivity index (χ1v) is 7.96. The third-order valence-electron chi connectivity index (χ3n) is 5.31. The first kappa shape index (κ1) is 12.8. The van der Waals surface area contributed by atoms with E-state index in [1.807, 2.05) is 18.2 Å². The van der Waals surface area contributed by atoms with Gasteiger partial charge in [0.2, 0.25) is 0 Å². The first-order valence-electron chi connectivity index (χ1n) is 7.96. The zero-order valence-corrected chi connectivity index (χ0v) is 13.1. The van der Waals surface area contributed by atoms with Gasteiger partial charge in [-0.1, -0.05) is 56.3 Å². The van der Waals surface area contributed by atoms with Gasteiger partial charge in [0.15, 0.2) is 0 Å². The molecule has 0 radical (unpaired) electrons. The summed E-state index contributed by atoms with van der Waals surface area (Å²) >= 11 is 0. The average Bonchev–Trinajstić information content (AvgIpc) is 3.03. The molecular weight excluding hydrogens is 282 g/mol. The third-order valence-corrected chi connectivity index (χ3v) is 5.31. The van der Waals surface area contributed by atoms with E-state index in [9.17, 15) is 5.11 Å². The number of rotatable bonds is 0. The Bertz CT molecular complexity index is 1100. The predicted octanol–water partition coefficient (Wildman–Crippen LogP) is 5.33. The molecule has 3 aromatic carbocycles. The molecule has 0 bridgehead atoms. The van der Waals surface area contributed by atoms with Crippen LogP contribution in [-0.4, -0.2) is 10.1 Å². The molecule has 0 spiro atoms. The van der Waals surface area contributed by atoms with Gasteiger partial charge in [0.1, 0.15) is 5.75 Å². The quantitative estimate of drug-likeness (QED) is 0.452. The van der Waals surface area contributed by atoms with Crippen molar-refractivity contribution in [1.82, 2.24) is 4.98 Å². The molecule has 0 unspecified atom stereocenters. The van der Waals surface area contributed by atoms with Crippen LogP contribution in [0.15, 0.2) is 54.6 Å². The van der Waals surface area contributed by atoms with Crippen LogP contribution in [0, 0.1) is 0 Å². The minimum absolute atomic E-state index is 0.102. The molecule has 1 aromatic heterocycles. The van der Waals surface area contributed by atoms with Gasteiger partial charge in [-0.05, 0) is 28.8 Å². The van der Waals surface area contributed by atoms with Crippen molar-refractivity contribution in [2.75, 3.05) is 0 Å². The largest absolute Gasteiger partial charge is 0.507 e. The van der Waals surface area contributed by atoms with E-state index >= 15 is 0 Å². The molecular formula is C21H17NO. The minimum atomic E-state index is -0.102. The number of nitrogens with one attached hydrogen (secondary N) is 1. The summed E-state index contributed by atoms with van der Waals surface area (Å²) < 4.78 is 0. The lowest BCUT2D eigenvalue weighted by atomic mass is 9.82. The number of para-hydroxylation sites is 1. The van der Waals surface area contributed by atoms with Crippen molar-refractivity contribution in [1.29, 1.82) is 0 Å². The number of phenols is 1. The van der Waals surface area contributed by atoms with Crippen molar-refractivity contribution >= 4 is 21.8 Å². The second-order valence-electron chi connectivity index (χ2n) is 6.91. The number of aromatic nitrogens is 1. The van der Waals surface area contributed by atoms with Gasteiger partial charge < -0.3 is 10.1 Å². The lowest BCUT2D eigenvalue weighted by molar-refractivity contribution is 0.480. The molecule has 1 heterocycles. The van der Waals surface area contributed by atoms with Crippen LogP contribution < -0.4 is 0 Å². The van der Waals surface area contributed by atoms with Crippen LogP contribution >= 0.6 is 0 Å². The van der Waals surface area contributed by atoms with E-state index < -0.39 is 0 Å². The maximum Gasteiger partial charge on any atom is 0.125 e. The number of phenolic OH excluding ortho intramolecular Hbond substituents is 1. The number of hydrogen-bond donors (Lipinski definition) is 2. The highest BCUT2D eigenvalue weighted by Crippen LogP contribution is 2.53. The van der Waals surface area contributed by atoms with Crippen molar-refractivity contribution in [3.8, 4) is 16.9 Å². The Labute approximate surface area is 134 Å². The molecule has 4 aromatic rings. The number of aromatic amines is 1. The van der Waals surface area contributed by atoms with E-state index in [1.165, 1.54) is 22.3 Å². The minimum Gasteiger partial charge on any atom is -0.507 e. The summed E-state index contributed by atoms with van der Waals surface area (Å²) in [5.74, 6) is 0.358. The highest BCUT2D eigenvalue weighted by atomic mass is 16.3. The Balaban J connectivity index is 2.05. The van der Waals surface area contributed by atoms with Gasteiger partial charge in [-0.15, -0.1) is 0 Å². The Morgan fingerprint density at radius 2 is 1.65 bits per heavy atom. The van der Waals surface area contributed by atoms with Gasteiger partial charge in [-0.25, -0.2) is 0 Å². The Kier molecular flexibility index (Phi) is 2.20. The van der Waals surface area contributed by atoms with Gasteiger partial charge in [0, 0.05) is 27.3 Å². The lowest BCUT2D eigenvalue weighted by Gasteiger charge is -2.21. The fourth-order valence-electron chi connectivity index (χ4n) is 4.18.